The molecule has 0 bridgehead atoms. The van der Waals surface area contributed by atoms with Crippen molar-refractivity contribution in [1.29, 1.82) is 0 Å². The minimum atomic E-state index is -0.286. The quantitative estimate of drug-likeness (QED) is 0.799. The normalized spacial score (nSPS) is 10.6. The maximum atomic E-state index is 12.1. The third-order valence-corrected chi connectivity index (χ3v) is 3.08. The zero-order chi connectivity index (χ0) is 14.8. The van der Waals surface area contributed by atoms with Crippen molar-refractivity contribution >= 4 is 22.6 Å². The SMILES string of the molecule is COc1ccc2nc(C(=O)Nc3ccn(C)n3)ccc2c1. The first-order valence-corrected chi connectivity index (χ1v) is 6.41. The van der Waals surface area contributed by atoms with Gasteiger partial charge in [0.2, 0.25) is 0 Å². The van der Waals surface area contributed by atoms with Gasteiger partial charge in [-0.1, -0.05) is 6.07 Å². The molecule has 21 heavy (non-hydrogen) atoms. The number of benzene rings is 1. The lowest BCUT2D eigenvalue weighted by Gasteiger charge is -2.05. The summed E-state index contributed by atoms with van der Waals surface area (Å²) in [5.74, 6) is 0.973. The zero-order valence-electron chi connectivity index (χ0n) is 11.7. The summed E-state index contributed by atoms with van der Waals surface area (Å²) in [5, 5.41) is 7.73. The van der Waals surface area contributed by atoms with Gasteiger partial charge in [0.15, 0.2) is 5.82 Å². The van der Waals surface area contributed by atoms with Crippen LogP contribution in [0.3, 0.4) is 0 Å². The van der Waals surface area contributed by atoms with E-state index in [9.17, 15) is 4.79 Å². The summed E-state index contributed by atoms with van der Waals surface area (Å²) in [6.07, 6.45) is 1.76. The average Bonchev–Trinajstić information content (AvgIpc) is 2.91. The minimum Gasteiger partial charge on any atom is -0.497 e. The Hall–Kier alpha value is -2.89. The number of carbonyl (C=O) groups is 1. The second-order valence-electron chi connectivity index (χ2n) is 4.58. The van der Waals surface area contributed by atoms with Crippen molar-refractivity contribution < 1.29 is 9.53 Å². The average molecular weight is 282 g/mol. The van der Waals surface area contributed by atoms with E-state index in [1.54, 1.807) is 37.2 Å². The molecule has 0 aliphatic carbocycles. The number of anilines is 1. The minimum absolute atomic E-state index is 0.286. The van der Waals surface area contributed by atoms with Crippen LogP contribution < -0.4 is 10.1 Å². The van der Waals surface area contributed by atoms with Gasteiger partial charge in [0.25, 0.3) is 5.91 Å². The smallest absolute Gasteiger partial charge is 0.275 e. The van der Waals surface area contributed by atoms with Crippen LogP contribution in [0.1, 0.15) is 10.5 Å². The van der Waals surface area contributed by atoms with Gasteiger partial charge in [0.05, 0.1) is 12.6 Å². The maximum absolute atomic E-state index is 12.1. The topological polar surface area (TPSA) is 69.0 Å². The van der Waals surface area contributed by atoms with Crippen molar-refractivity contribution in [2.24, 2.45) is 7.05 Å². The molecule has 0 spiro atoms. The van der Waals surface area contributed by atoms with E-state index >= 15 is 0 Å². The predicted octanol–water partition coefficient (Wildman–Crippen LogP) is 2.23. The van der Waals surface area contributed by atoms with E-state index in [0.717, 1.165) is 16.7 Å². The number of methoxy groups -OCH3 is 1. The molecular weight excluding hydrogens is 268 g/mol. The molecule has 0 unspecified atom stereocenters. The molecule has 1 amide bonds. The monoisotopic (exact) mass is 282 g/mol. The molecule has 0 fully saturated rings. The first-order chi connectivity index (χ1) is 10.2. The van der Waals surface area contributed by atoms with Crippen molar-refractivity contribution in [3.8, 4) is 5.75 Å². The van der Waals surface area contributed by atoms with E-state index in [4.69, 9.17) is 4.74 Å². The Morgan fingerprint density at radius 3 is 2.81 bits per heavy atom. The lowest BCUT2D eigenvalue weighted by Crippen LogP contribution is -2.14. The summed E-state index contributed by atoms with van der Waals surface area (Å²) < 4.78 is 6.78. The summed E-state index contributed by atoms with van der Waals surface area (Å²) >= 11 is 0. The number of nitrogens with one attached hydrogen (secondary N) is 1. The second-order valence-corrected chi connectivity index (χ2v) is 4.58. The van der Waals surface area contributed by atoms with E-state index in [0.29, 0.717) is 11.5 Å². The standard InChI is InChI=1S/C15H14N4O2/c1-19-8-7-14(18-19)17-15(20)13-5-3-10-9-11(21-2)4-6-12(10)16-13/h3-9H,1-2H3,(H,17,18,20). The molecule has 6 nitrogen and oxygen atoms in total. The number of aryl methyl sites for hydroxylation is 1. The number of pyridine rings is 1. The molecule has 0 saturated carbocycles. The molecule has 106 valence electrons. The first-order valence-electron chi connectivity index (χ1n) is 6.41. The number of ether oxygens (including phenoxy) is 1. The highest BCUT2D eigenvalue weighted by Crippen LogP contribution is 2.19. The number of rotatable bonds is 3. The Kier molecular flexibility index (Phi) is 3.27. The maximum Gasteiger partial charge on any atom is 0.275 e. The van der Waals surface area contributed by atoms with Gasteiger partial charge >= 0.3 is 0 Å². The van der Waals surface area contributed by atoms with E-state index in [-0.39, 0.29) is 5.91 Å². The largest absolute Gasteiger partial charge is 0.497 e. The number of hydrogen-bond donors (Lipinski definition) is 1. The summed E-state index contributed by atoms with van der Waals surface area (Å²) in [5.41, 5.74) is 1.09. The fourth-order valence-electron chi connectivity index (χ4n) is 2.02. The number of carbonyl (C=O) groups excluding carboxylic acids is 1. The van der Waals surface area contributed by atoms with Crippen LogP contribution in [-0.2, 0) is 7.05 Å². The molecule has 3 rings (SSSR count). The van der Waals surface area contributed by atoms with Crippen molar-refractivity contribution in [3.05, 3.63) is 48.3 Å². The van der Waals surface area contributed by atoms with Gasteiger partial charge in [0.1, 0.15) is 11.4 Å². The number of aromatic nitrogens is 3. The van der Waals surface area contributed by atoms with Crippen molar-refractivity contribution in [1.82, 2.24) is 14.8 Å². The van der Waals surface area contributed by atoms with Gasteiger partial charge < -0.3 is 10.1 Å². The Bertz CT molecular complexity index is 810. The van der Waals surface area contributed by atoms with E-state index < -0.39 is 0 Å². The van der Waals surface area contributed by atoms with Crippen LogP contribution in [0.2, 0.25) is 0 Å². The van der Waals surface area contributed by atoms with Crippen LogP contribution in [0, 0.1) is 0 Å². The number of amides is 1. The molecule has 2 aromatic heterocycles. The lowest BCUT2D eigenvalue weighted by atomic mass is 10.2. The van der Waals surface area contributed by atoms with Crippen LogP contribution >= 0.6 is 0 Å². The Balaban J connectivity index is 1.88. The van der Waals surface area contributed by atoms with Crippen molar-refractivity contribution in [2.45, 2.75) is 0 Å². The molecule has 2 heterocycles. The van der Waals surface area contributed by atoms with Gasteiger partial charge in [0, 0.05) is 24.7 Å². The zero-order valence-corrected chi connectivity index (χ0v) is 11.7. The Labute approximate surface area is 121 Å². The highest BCUT2D eigenvalue weighted by atomic mass is 16.5. The second kappa shape index (κ2) is 5.24. The van der Waals surface area contributed by atoms with Gasteiger partial charge in [-0.2, -0.15) is 5.10 Å². The first kappa shape index (κ1) is 13.1. The van der Waals surface area contributed by atoms with Crippen LogP contribution in [0.4, 0.5) is 5.82 Å². The summed E-state index contributed by atoms with van der Waals surface area (Å²) in [6.45, 7) is 0. The van der Waals surface area contributed by atoms with Gasteiger partial charge in [-0.25, -0.2) is 4.98 Å². The Morgan fingerprint density at radius 1 is 1.24 bits per heavy atom. The van der Waals surface area contributed by atoms with Crippen LogP contribution in [0.5, 0.6) is 5.75 Å². The van der Waals surface area contributed by atoms with Crippen molar-refractivity contribution in [2.75, 3.05) is 12.4 Å². The van der Waals surface area contributed by atoms with Gasteiger partial charge in [-0.15, -0.1) is 0 Å². The Morgan fingerprint density at radius 2 is 2.10 bits per heavy atom. The lowest BCUT2D eigenvalue weighted by molar-refractivity contribution is 0.102. The number of nitrogens with zero attached hydrogens (tertiary/aromatic N) is 3. The molecule has 0 atom stereocenters. The summed E-state index contributed by atoms with van der Waals surface area (Å²) in [7, 11) is 3.40. The van der Waals surface area contributed by atoms with E-state index in [2.05, 4.69) is 15.4 Å². The number of fused-ring (bicyclic) bond motifs is 1. The van der Waals surface area contributed by atoms with Crippen LogP contribution in [-0.4, -0.2) is 27.8 Å². The molecule has 6 heteroatoms. The molecule has 0 radical (unpaired) electrons. The summed E-state index contributed by atoms with van der Waals surface area (Å²) in [6, 6.07) is 10.8. The highest BCUT2D eigenvalue weighted by molar-refractivity contribution is 6.03. The fraction of sp³-hybridized carbons (Fsp3) is 0.133. The predicted molar refractivity (Wildman–Crippen MR) is 79.5 cm³/mol. The van der Waals surface area contributed by atoms with E-state index in [1.807, 2.05) is 24.3 Å². The van der Waals surface area contributed by atoms with Crippen LogP contribution in [0.25, 0.3) is 10.9 Å². The van der Waals surface area contributed by atoms with Gasteiger partial charge in [-0.3, -0.25) is 9.48 Å². The van der Waals surface area contributed by atoms with E-state index in [1.165, 1.54) is 0 Å². The third kappa shape index (κ3) is 2.69. The molecule has 1 N–H and O–H groups in total. The molecule has 0 aliphatic rings. The van der Waals surface area contributed by atoms with Crippen molar-refractivity contribution in [3.63, 3.8) is 0 Å². The molecular formula is C15H14N4O2. The molecule has 0 aliphatic heterocycles. The van der Waals surface area contributed by atoms with Gasteiger partial charge in [-0.05, 0) is 24.3 Å². The fourth-order valence-corrected chi connectivity index (χ4v) is 2.02. The number of hydrogen-bond acceptors (Lipinski definition) is 4. The molecule has 1 aromatic carbocycles. The molecule has 0 saturated heterocycles. The highest BCUT2D eigenvalue weighted by Gasteiger charge is 2.10. The third-order valence-electron chi connectivity index (χ3n) is 3.08. The van der Waals surface area contributed by atoms with Crippen LogP contribution in [0.15, 0.2) is 42.6 Å². The molecule has 3 aromatic rings. The summed E-state index contributed by atoms with van der Waals surface area (Å²) in [4.78, 5) is 16.5.